The number of H-pyrrole nitrogens is 1. The number of nitrogens with one attached hydrogen (secondary N) is 3. The number of aliphatic hydroxyl groups is 1. The topological polar surface area (TPSA) is 122 Å². The molecule has 2 aliphatic rings. The zero-order chi connectivity index (χ0) is 24.2. The first-order valence-corrected chi connectivity index (χ1v) is 12.5. The van der Waals surface area contributed by atoms with Crippen LogP contribution in [0.3, 0.4) is 0 Å². The normalized spacial score (nSPS) is 17.8. The van der Waals surface area contributed by atoms with E-state index in [0.29, 0.717) is 30.1 Å². The van der Waals surface area contributed by atoms with Crippen LogP contribution in [0, 0.1) is 0 Å². The zero-order valence-corrected chi connectivity index (χ0v) is 20.2. The van der Waals surface area contributed by atoms with Gasteiger partial charge in [-0.2, -0.15) is 5.10 Å². The summed E-state index contributed by atoms with van der Waals surface area (Å²) < 4.78 is 0. The summed E-state index contributed by atoms with van der Waals surface area (Å²) in [6, 6.07) is 8.85. The van der Waals surface area contributed by atoms with E-state index in [1.54, 1.807) is 6.92 Å². The highest BCUT2D eigenvalue weighted by Crippen LogP contribution is 2.25. The number of rotatable bonds is 8. The van der Waals surface area contributed by atoms with Crippen molar-refractivity contribution in [2.75, 3.05) is 43.4 Å². The Hall–Kier alpha value is -3.24. The number of amides is 1. The van der Waals surface area contributed by atoms with Crippen molar-refractivity contribution in [3.05, 3.63) is 41.7 Å². The molecule has 0 unspecified atom stereocenters. The highest BCUT2D eigenvalue weighted by molar-refractivity contribution is 5.92. The fourth-order valence-corrected chi connectivity index (χ4v) is 4.99. The second-order valence-electron chi connectivity index (χ2n) is 9.56. The Labute approximate surface area is 205 Å². The number of carbonyl (C=O) groups excluding carboxylic acids is 1. The summed E-state index contributed by atoms with van der Waals surface area (Å²) in [6.45, 7) is 6.35. The Morgan fingerprint density at radius 1 is 1.17 bits per heavy atom. The molecule has 0 aliphatic carbocycles. The van der Waals surface area contributed by atoms with Crippen molar-refractivity contribution in [3.63, 3.8) is 0 Å². The zero-order valence-electron chi connectivity index (χ0n) is 20.2. The third-order valence-corrected chi connectivity index (χ3v) is 7.13. The van der Waals surface area contributed by atoms with Gasteiger partial charge in [-0.1, -0.05) is 24.3 Å². The molecule has 1 aromatic carbocycles. The Kier molecular flexibility index (Phi) is 7.10. The minimum Gasteiger partial charge on any atom is -0.391 e. The van der Waals surface area contributed by atoms with E-state index < -0.39 is 6.10 Å². The highest BCUT2D eigenvalue weighted by atomic mass is 16.3. The lowest BCUT2D eigenvalue weighted by atomic mass is 10.00. The van der Waals surface area contributed by atoms with Gasteiger partial charge in [-0.3, -0.25) is 14.8 Å². The van der Waals surface area contributed by atoms with Crippen LogP contribution >= 0.6 is 0 Å². The van der Waals surface area contributed by atoms with E-state index in [1.807, 2.05) is 4.90 Å². The van der Waals surface area contributed by atoms with E-state index in [9.17, 15) is 9.90 Å². The lowest BCUT2D eigenvalue weighted by Crippen LogP contribution is -2.41. The van der Waals surface area contributed by atoms with E-state index in [4.69, 9.17) is 0 Å². The number of likely N-dealkylation sites (tertiary alicyclic amines) is 1. The first-order chi connectivity index (χ1) is 17.1. The van der Waals surface area contributed by atoms with Gasteiger partial charge in [0.1, 0.15) is 17.4 Å². The standard InChI is InChI=1S/C25H34N8O2/c1-17(34)33-12-7-20(8-13-33)29-24-23-22(27-16-28-24)25(31-30-23)26-14-21(35)9-11-32-10-6-18-4-2-3-5-19(18)15-32/h2-5,16,20-21,35H,6-15H2,1H3,(H2,26,30,31)(H,27,28,29)/t21-/m0/s1. The largest absolute Gasteiger partial charge is 0.391 e. The number of piperidine rings is 1. The van der Waals surface area contributed by atoms with Gasteiger partial charge < -0.3 is 20.6 Å². The van der Waals surface area contributed by atoms with E-state index >= 15 is 0 Å². The second kappa shape index (κ2) is 10.6. The molecule has 2 aliphatic heterocycles. The molecule has 0 saturated carbocycles. The molecule has 5 rings (SSSR count). The first kappa shape index (κ1) is 23.5. The molecule has 0 bridgehead atoms. The number of hydrogen-bond acceptors (Lipinski definition) is 8. The summed E-state index contributed by atoms with van der Waals surface area (Å²) >= 11 is 0. The van der Waals surface area contributed by atoms with Crippen LogP contribution in [0.1, 0.15) is 37.3 Å². The van der Waals surface area contributed by atoms with Gasteiger partial charge in [-0.05, 0) is 36.8 Å². The van der Waals surface area contributed by atoms with Crippen molar-refractivity contribution in [1.29, 1.82) is 0 Å². The molecule has 186 valence electrons. The monoisotopic (exact) mass is 478 g/mol. The van der Waals surface area contributed by atoms with E-state index in [-0.39, 0.29) is 11.9 Å². The van der Waals surface area contributed by atoms with Gasteiger partial charge in [0.05, 0.1) is 6.10 Å². The molecule has 4 N–H and O–H groups in total. The molecule has 1 amide bonds. The average molecular weight is 479 g/mol. The number of anilines is 2. The highest BCUT2D eigenvalue weighted by Gasteiger charge is 2.22. The molecule has 3 aromatic rings. The van der Waals surface area contributed by atoms with Gasteiger partial charge in [-0.25, -0.2) is 9.97 Å². The summed E-state index contributed by atoms with van der Waals surface area (Å²) in [4.78, 5) is 24.6. The summed E-state index contributed by atoms with van der Waals surface area (Å²) in [5.74, 6) is 1.45. The maximum atomic E-state index is 11.6. The molecule has 35 heavy (non-hydrogen) atoms. The fourth-order valence-electron chi connectivity index (χ4n) is 4.99. The number of aliphatic hydroxyl groups excluding tert-OH is 1. The Balaban J connectivity index is 1.12. The molecule has 0 spiro atoms. The lowest BCUT2D eigenvalue weighted by Gasteiger charge is -2.31. The van der Waals surface area contributed by atoms with Crippen LogP contribution < -0.4 is 10.6 Å². The van der Waals surface area contributed by atoms with Crippen molar-refractivity contribution >= 4 is 28.6 Å². The molecular weight excluding hydrogens is 444 g/mol. The van der Waals surface area contributed by atoms with Crippen molar-refractivity contribution < 1.29 is 9.90 Å². The summed E-state index contributed by atoms with van der Waals surface area (Å²) in [6.07, 6.45) is 4.55. The molecule has 2 aromatic heterocycles. The van der Waals surface area contributed by atoms with Gasteiger partial charge >= 0.3 is 0 Å². The van der Waals surface area contributed by atoms with Crippen LogP contribution in [-0.4, -0.2) is 85.8 Å². The van der Waals surface area contributed by atoms with E-state index in [0.717, 1.165) is 57.5 Å². The Morgan fingerprint density at radius 2 is 1.97 bits per heavy atom. The minimum absolute atomic E-state index is 0.126. The van der Waals surface area contributed by atoms with Gasteiger partial charge in [-0.15, -0.1) is 0 Å². The van der Waals surface area contributed by atoms with Gasteiger partial charge in [0, 0.05) is 52.2 Å². The Bertz CT molecular complexity index is 1160. The van der Waals surface area contributed by atoms with Crippen molar-refractivity contribution in [1.82, 2.24) is 30.0 Å². The molecule has 1 saturated heterocycles. The molecule has 1 atom stereocenters. The third-order valence-electron chi connectivity index (χ3n) is 7.13. The molecule has 4 heterocycles. The van der Waals surface area contributed by atoms with Crippen LogP contribution in [0.4, 0.5) is 11.6 Å². The van der Waals surface area contributed by atoms with Gasteiger partial charge in [0.2, 0.25) is 5.91 Å². The number of carbonyl (C=O) groups is 1. The number of aromatic amines is 1. The van der Waals surface area contributed by atoms with Crippen LogP contribution in [0.15, 0.2) is 30.6 Å². The van der Waals surface area contributed by atoms with E-state index in [2.05, 4.69) is 60.0 Å². The maximum absolute atomic E-state index is 11.6. The fraction of sp³-hybridized carbons (Fsp3) is 0.520. The molecule has 1 fully saturated rings. The van der Waals surface area contributed by atoms with Crippen molar-refractivity contribution in [3.8, 4) is 0 Å². The number of aromatic nitrogens is 4. The summed E-state index contributed by atoms with van der Waals surface area (Å²) in [5.41, 5.74) is 4.27. The average Bonchev–Trinajstić information content (AvgIpc) is 3.30. The maximum Gasteiger partial charge on any atom is 0.219 e. The number of benzene rings is 1. The van der Waals surface area contributed by atoms with Crippen LogP contribution in [0.5, 0.6) is 0 Å². The third kappa shape index (κ3) is 5.54. The predicted molar refractivity (Wildman–Crippen MR) is 135 cm³/mol. The summed E-state index contributed by atoms with van der Waals surface area (Å²) in [5, 5.41) is 24.7. The predicted octanol–water partition coefficient (Wildman–Crippen LogP) is 2.00. The van der Waals surface area contributed by atoms with Crippen molar-refractivity contribution in [2.24, 2.45) is 0 Å². The lowest BCUT2D eigenvalue weighted by molar-refractivity contribution is -0.129. The number of fused-ring (bicyclic) bond motifs is 2. The van der Waals surface area contributed by atoms with Crippen LogP contribution in [-0.2, 0) is 17.8 Å². The van der Waals surface area contributed by atoms with Crippen molar-refractivity contribution in [2.45, 2.75) is 51.3 Å². The molecule has 10 nitrogen and oxygen atoms in total. The minimum atomic E-state index is -0.482. The first-order valence-electron chi connectivity index (χ1n) is 12.5. The number of nitrogens with zero attached hydrogens (tertiary/aromatic N) is 5. The van der Waals surface area contributed by atoms with E-state index in [1.165, 1.54) is 17.5 Å². The molecule has 10 heteroatoms. The number of hydrogen-bond donors (Lipinski definition) is 4. The molecular formula is C25H34N8O2. The van der Waals surface area contributed by atoms with Gasteiger partial charge in [0.25, 0.3) is 0 Å². The van der Waals surface area contributed by atoms with Crippen LogP contribution in [0.2, 0.25) is 0 Å². The molecule has 0 radical (unpaired) electrons. The van der Waals surface area contributed by atoms with Gasteiger partial charge in [0.15, 0.2) is 11.6 Å². The summed E-state index contributed by atoms with van der Waals surface area (Å²) in [7, 11) is 0. The van der Waals surface area contributed by atoms with Crippen LogP contribution in [0.25, 0.3) is 11.0 Å². The SMILES string of the molecule is CC(=O)N1CCC(Nc2ncnc3c(NC[C@@H](O)CCN4CCc5ccccc5C4)n[nH]c23)CC1. The smallest absolute Gasteiger partial charge is 0.219 e. The quantitative estimate of drug-likeness (QED) is 0.388. The second-order valence-corrected chi connectivity index (χ2v) is 9.56. The Morgan fingerprint density at radius 3 is 2.77 bits per heavy atom.